The van der Waals surface area contributed by atoms with E-state index in [1.54, 1.807) is 7.05 Å². The van der Waals surface area contributed by atoms with Gasteiger partial charge < -0.3 is 15.7 Å². The molecule has 0 amide bonds. The summed E-state index contributed by atoms with van der Waals surface area (Å²) < 4.78 is 36.1. The molecule has 1 atom stereocenters. The van der Waals surface area contributed by atoms with Crippen molar-refractivity contribution in [2.24, 2.45) is 4.99 Å². The summed E-state index contributed by atoms with van der Waals surface area (Å²) in [6.45, 7) is 2.84. The molecule has 0 aromatic heterocycles. The van der Waals surface area contributed by atoms with Crippen molar-refractivity contribution in [1.29, 1.82) is 0 Å². The van der Waals surface area contributed by atoms with Gasteiger partial charge in [-0.2, -0.15) is 13.2 Å². The number of halogens is 3. The molecule has 108 valence electrons. The van der Waals surface area contributed by atoms with Crippen molar-refractivity contribution in [3.63, 3.8) is 0 Å². The summed E-state index contributed by atoms with van der Waals surface area (Å²) in [6.07, 6.45) is -4.05. The van der Waals surface area contributed by atoms with Crippen LogP contribution in [0, 0.1) is 0 Å². The first-order valence-electron chi connectivity index (χ1n) is 6.11. The van der Waals surface area contributed by atoms with Gasteiger partial charge in [0.1, 0.15) is 0 Å². The number of nitrogens with one attached hydrogen (secondary N) is 2. The van der Waals surface area contributed by atoms with E-state index in [1.807, 2.05) is 0 Å². The molecule has 3 N–H and O–H groups in total. The van der Waals surface area contributed by atoms with Crippen LogP contribution in [0.1, 0.15) is 32.6 Å². The van der Waals surface area contributed by atoms with Gasteiger partial charge in [-0.1, -0.05) is 19.8 Å². The quantitative estimate of drug-likeness (QED) is 0.374. The third-order valence-electron chi connectivity index (χ3n) is 2.38. The minimum Gasteiger partial charge on any atom is -0.384 e. The second kappa shape index (κ2) is 9.02. The number of hydrogen-bond donors (Lipinski definition) is 3. The number of aliphatic hydroxyl groups is 1. The third-order valence-corrected chi connectivity index (χ3v) is 2.38. The Balaban J connectivity index is 3.75. The van der Waals surface area contributed by atoms with Gasteiger partial charge in [-0.3, -0.25) is 4.99 Å². The van der Waals surface area contributed by atoms with Crippen LogP contribution in [0.25, 0.3) is 0 Å². The van der Waals surface area contributed by atoms with Crippen LogP contribution in [0.2, 0.25) is 0 Å². The van der Waals surface area contributed by atoms with E-state index < -0.39 is 12.3 Å². The highest BCUT2D eigenvalue weighted by atomic mass is 19.4. The van der Waals surface area contributed by atoms with Crippen LogP contribution in [0.15, 0.2) is 4.99 Å². The number of hydrogen-bond acceptors (Lipinski definition) is 2. The van der Waals surface area contributed by atoms with E-state index in [9.17, 15) is 13.2 Å². The molecular weight excluding hydrogens is 247 g/mol. The van der Waals surface area contributed by atoms with Gasteiger partial charge >= 0.3 is 6.18 Å². The molecule has 0 bridgehead atoms. The van der Waals surface area contributed by atoms with Crippen molar-refractivity contribution < 1.29 is 18.3 Å². The maximum atomic E-state index is 12.0. The van der Waals surface area contributed by atoms with E-state index >= 15 is 0 Å². The highest BCUT2D eigenvalue weighted by molar-refractivity contribution is 5.79. The van der Waals surface area contributed by atoms with E-state index in [0.717, 1.165) is 25.8 Å². The maximum absolute atomic E-state index is 12.0. The zero-order chi connectivity index (χ0) is 14.0. The Kier molecular flexibility index (Phi) is 8.53. The standard InChI is InChI=1S/C11H22F3N3O/c1-3-4-5-7-16-10(15-2)17-8-6-9(18)11(12,13)14/h9,18H,3-8H2,1-2H3,(H2,15,16,17). The first kappa shape index (κ1) is 17.0. The van der Waals surface area contributed by atoms with Gasteiger partial charge in [0.2, 0.25) is 0 Å². The van der Waals surface area contributed by atoms with E-state index in [-0.39, 0.29) is 13.0 Å². The normalized spacial score (nSPS) is 14.4. The van der Waals surface area contributed by atoms with Crippen molar-refractivity contribution in [3.8, 4) is 0 Å². The number of aliphatic imine (C=N–C) groups is 1. The first-order chi connectivity index (χ1) is 8.41. The largest absolute Gasteiger partial charge is 0.414 e. The van der Waals surface area contributed by atoms with Crippen LogP contribution in [0.5, 0.6) is 0 Å². The fourth-order valence-corrected chi connectivity index (χ4v) is 1.29. The Morgan fingerprint density at radius 1 is 1.22 bits per heavy atom. The van der Waals surface area contributed by atoms with E-state index in [1.165, 1.54) is 0 Å². The van der Waals surface area contributed by atoms with Gasteiger partial charge in [-0.05, 0) is 12.8 Å². The minimum absolute atomic E-state index is 0.0220. The van der Waals surface area contributed by atoms with E-state index in [0.29, 0.717) is 5.96 Å². The summed E-state index contributed by atoms with van der Waals surface area (Å²) in [5.41, 5.74) is 0. The summed E-state index contributed by atoms with van der Waals surface area (Å²) in [5, 5.41) is 14.5. The van der Waals surface area contributed by atoms with Crippen molar-refractivity contribution in [2.75, 3.05) is 20.1 Å². The molecule has 0 aromatic carbocycles. The average Bonchev–Trinajstić information content (AvgIpc) is 2.30. The lowest BCUT2D eigenvalue weighted by atomic mass is 10.2. The highest BCUT2D eigenvalue weighted by Crippen LogP contribution is 2.21. The van der Waals surface area contributed by atoms with Crippen molar-refractivity contribution in [2.45, 2.75) is 44.9 Å². The Hall–Kier alpha value is -0.980. The molecule has 0 saturated heterocycles. The Bertz CT molecular complexity index is 244. The van der Waals surface area contributed by atoms with Crippen LogP contribution in [0.4, 0.5) is 13.2 Å². The molecule has 0 fully saturated rings. The molecule has 0 aliphatic heterocycles. The number of unbranched alkanes of at least 4 members (excludes halogenated alkanes) is 2. The molecule has 1 unspecified atom stereocenters. The molecule has 0 aliphatic rings. The molecular formula is C11H22F3N3O. The van der Waals surface area contributed by atoms with Crippen LogP contribution in [0.3, 0.4) is 0 Å². The fourth-order valence-electron chi connectivity index (χ4n) is 1.29. The van der Waals surface area contributed by atoms with Gasteiger partial charge in [-0.15, -0.1) is 0 Å². The smallest absolute Gasteiger partial charge is 0.384 e. The molecule has 18 heavy (non-hydrogen) atoms. The number of rotatable bonds is 7. The summed E-state index contributed by atoms with van der Waals surface area (Å²) in [4.78, 5) is 3.88. The third kappa shape index (κ3) is 8.16. The summed E-state index contributed by atoms with van der Waals surface area (Å²) in [5.74, 6) is 0.459. The molecule has 0 rings (SSSR count). The summed E-state index contributed by atoms with van der Waals surface area (Å²) in [7, 11) is 1.55. The SMILES string of the molecule is CCCCCNC(=NC)NCCC(O)C(F)(F)F. The van der Waals surface area contributed by atoms with Crippen LogP contribution in [-0.4, -0.2) is 43.5 Å². The number of guanidine groups is 1. The number of nitrogens with zero attached hydrogens (tertiary/aromatic N) is 1. The monoisotopic (exact) mass is 269 g/mol. The first-order valence-corrected chi connectivity index (χ1v) is 6.11. The Morgan fingerprint density at radius 3 is 2.33 bits per heavy atom. The zero-order valence-electron chi connectivity index (χ0n) is 10.8. The van der Waals surface area contributed by atoms with Gasteiger partial charge in [0, 0.05) is 20.1 Å². The van der Waals surface area contributed by atoms with Crippen molar-refractivity contribution in [1.82, 2.24) is 10.6 Å². The highest BCUT2D eigenvalue weighted by Gasteiger charge is 2.37. The van der Waals surface area contributed by atoms with Gasteiger partial charge in [-0.25, -0.2) is 0 Å². The average molecular weight is 269 g/mol. The molecule has 0 saturated carbocycles. The van der Waals surface area contributed by atoms with Gasteiger partial charge in [0.15, 0.2) is 12.1 Å². The Labute approximate surface area is 106 Å². The number of aliphatic hydroxyl groups excluding tert-OH is 1. The lowest BCUT2D eigenvalue weighted by Gasteiger charge is -2.16. The lowest BCUT2D eigenvalue weighted by Crippen LogP contribution is -2.40. The second-order valence-corrected chi connectivity index (χ2v) is 3.98. The predicted octanol–water partition coefficient (Wildman–Crippen LogP) is 1.65. The van der Waals surface area contributed by atoms with Gasteiger partial charge in [0.25, 0.3) is 0 Å². The van der Waals surface area contributed by atoms with Crippen molar-refractivity contribution >= 4 is 5.96 Å². The minimum atomic E-state index is -4.56. The summed E-state index contributed by atoms with van der Waals surface area (Å²) in [6, 6.07) is 0. The molecule has 0 aromatic rings. The van der Waals surface area contributed by atoms with E-state index in [4.69, 9.17) is 5.11 Å². The number of alkyl halides is 3. The van der Waals surface area contributed by atoms with Crippen LogP contribution >= 0.6 is 0 Å². The molecule has 7 heteroatoms. The fraction of sp³-hybridized carbons (Fsp3) is 0.909. The van der Waals surface area contributed by atoms with E-state index in [2.05, 4.69) is 22.5 Å². The molecule has 4 nitrogen and oxygen atoms in total. The maximum Gasteiger partial charge on any atom is 0.414 e. The zero-order valence-corrected chi connectivity index (χ0v) is 10.8. The van der Waals surface area contributed by atoms with Gasteiger partial charge in [0.05, 0.1) is 0 Å². The topological polar surface area (TPSA) is 56.7 Å². The molecule has 0 heterocycles. The molecule has 0 aliphatic carbocycles. The molecule has 0 spiro atoms. The second-order valence-electron chi connectivity index (χ2n) is 3.98. The molecule has 0 radical (unpaired) electrons. The summed E-state index contributed by atoms with van der Waals surface area (Å²) >= 11 is 0. The Morgan fingerprint density at radius 2 is 1.83 bits per heavy atom. The van der Waals surface area contributed by atoms with Crippen LogP contribution < -0.4 is 10.6 Å². The predicted molar refractivity (Wildman–Crippen MR) is 65.6 cm³/mol. The van der Waals surface area contributed by atoms with Crippen molar-refractivity contribution in [3.05, 3.63) is 0 Å². The lowest BCUT2D eigenvalue weighted by molar-refractivity contribution is -0.204. The van der Waals surface area contributed by atoms with Crippen LogP contribution in [-0.2, 0) is 0 Å².